The van der Waals surface area contributed by atoms with Crippen molar-refractivity contribution in [2.75, 3.05) is 12.0 Å². The molecule has 150 valence electrons. The van der Waals surface area contributed by atoms with Gasteiger partial charge in [0, 0.05) is 9.92 Å². The van der Waals surface area contributed by atoms with E-state index in [0.717, 1.165) is 21.7 Å². The third kappa shape index (κ3) is 4.13. The maximum atomic E-state index is 13.3. The summed E-state index contributed by atoms with van der Waals surface area (Å²) in [7, 11) is 1.35. The molecule has 1 heterocycles. The average Bonchev–Trinajstić information content (AvgIpc) is 2.78. The Bertz CT molecular complexity index is 1140. The molecule has 3 aromatic carbocycles. The molecule has 0 bridgehead atoms. The van der Waals surface area contributed by atoms with Crippen LogP contribution in [0.25, 0.3) is 6.08 Å². The van der Waals surface area contributed by atoms with Crippen molar-refractivity contribution in [1.29, 1.82) is 0 Å². The number of hydrogen-bond donors (Lipinski definition) is 0. The van der Waals surface area contributed by atoms with Gasteiger partial charge >= 0.3 is 5.97 Å². The molecule has 1 aliphatic rings. The first kappa shape index (κ1) is 20.3. The van der Waals surface area contributed by atoms with E-state index in [4.69, 9.17) is 16.3 Å². The molecular weight excluding hydrogens is 418 g/mol. The van der Waals surface area contributed by atoms with Gasteiger partial charge in [0.2, 0.25) is 0 Å². The second kappa shape index (κ2) is 8.78. The number of halogens is 1. The summed E-state index contributed by atoms with van der Waals surface area (Å²) in [6, 6.07) is 22.3. The molecule has 0 aliphatic carbocycles. The summed E-state index contributed by atoms with van der Waals surface area (Å²) >= 11 is 7.78. The molecule has 0 N–H and O–H groups in total. The number of methoxy groups -OCH3 is 1. The molecule has 0 unspecified atom stereocenters. The standard InChI is InChI=1S/C24H18ClNO3S/c1-29-24(28)17-12-10-16(11-13-17)14-22-23(27)26(15-18-6-2-3-7-19(18)25)20-8-4-5-9-21(20)30-22/h2-14H,15H2,1H3/b22-14+. The summed E-state index contributed by atoms with van der Waals surface area (Å²) in [4.78, 5) is 28.3. The van der Waals surface area contributed by atoms with Crippen molar-refractivity contribution in [2.24, 2.45) is 0 Å². The van der Waals surface area contributed by atoms with Crippen molar-refractivity contribution >= 4 is 47.0 Å². The van der Waals surface area contributed by atoms with Crippen LogP contribution in [0.2, 0.25) is 5.02 Å². The Hall–Kier alpha value is -3.02. The van der Waals surface area contributed by atoms with Crippen LogP contribution in [-0.2, 0) is 16.1 Å². The molecule has 0 atom stereocenters. The van der Waals surface area contributed by atoms with Crippen molar-refractivity contribution in [1.82, 2.24) is 0 Å². The number of benzene rings is 3. The number of esters is 1. The second-order valence-electron chi connectivity index (χ2n) is 6.67. The molecule has 0 fully saturated rings. The fourth-order valence-electron chi connectivity index (χ4n) is 3.20. The molecule has 1 aliphatic heterocycles. The molecule has 3 aromatic rings. The van der Waals surface area contributed by atoms with E-state index in [0.29, 0.717) is 22.0 Å². The molecule has 4 rings (SSSR count). The van der Waals surface area contributed by atoms with Gasteiger partial charge in [-0.3, -0.25) is 4.79 Å². The Kier molecular flexibility index (Phi) is 5.93. The third-order valence-corrected chi connectivity index (χ3v) is 6.19. The van der Waals surface area contributed by atoms with Crippen LogP contribution in [0, 0.1) is 0 Å². The van der Waals surface area contributed by atoms with Crippen LogP contribution in [0.5, 0.6) is 0 Å². The number of para-hydroxylation sites is 1. The number of anilines is 1. The van der Waals surface area contributed by atoms with E-state index in [2.05, 4.69) is 0 Å². The maximum Gasteiger partial charge on any atom is 0.337 e. The van der Waals surface area contributed by atoms with E-state index in [-0.39, 0.29) is 5.91 Å². The maximum absolute atomic E-state index is 13.3. The molecule has 0 aromatic heterocycles. The molecule has 0 saturated heterocycles. The van der Waals surface area contributed by atoms with Crippen molar-refractivity contribution in [3.05, 3.63) is 99.4 Å². The van der Waals surface area contributed by atoms with Gasteiger partial charge in [-0.05, 0) is 47.5 Å². The summed E-state index contributed by atoms with van der Waals surface area (Å²) in [5, 5.41) is 0.630. The van der Waals surface area contributed by atoms with Crippen molar-refractivity contribution in [2.45, 2.75) is 11.4 Å². The number of ether oxygens (including phenoxy) is 1. The van der Waals surface area contributed by atoms with Crippen LogP contribution in [-0.4, -0.2) is 19.0 Å². The van der Waals surface area contributed by atoms with Crippen LogP contribution in [0.3, 0.4) is 0 Å². The van der Waals surface area contributed by atoms with Gasteiger partial charge in [-0.1, -0.05) is 65.8 Å². The fraction of sp³-hybridized carbons (Fsp3) is 0.0833. The summed E-state index contributed by atoms with van der Waals surface area (Å²) in [6.45, 7) is 0.384. The number of carbonyl (C=O) groups is 2. The first-order valence-corrected chi connectivity index (χ1v) is 10.5. The zero-order valence-corrected chi connectivity index (χ0v) is 17.7. The predicted molar refractivity (Wildman–Crippen MR) is 121 cm³/mol. The van der Waals surface area contributed by atoms with Crippen LogP contribution >= 0.6 is 23.4 Å². The largest absolute Gasteiger partial charge is 0.465 e. The Balaban J connectivity index is 1.69. The lowest BCUT2D eigenvalue weighted by atomic mass is 10.1. The van der Waals surface area contributed by atoms with Gasteiger partial charge < -0.3 is 9.64 Å². The zero-order chi connectivity index (χ0) is 21.1. The molecule has 30 heavy (non-hydrogen) atoms. The average molecular weight is 436 g/mol. The van der Waals surface area contributed by atoms with Crippen molar-refractivity contribution in [3.63, 3.8) is 0 Å². The van der Waals surface area contributed by atoms with Crippen LogP contribution in [0.15, 0.2) is 82.6 Å². The summed E-state index contributed by atoms with van der Waals surface area (Å²) in [5.41, 5.74) is 3.05. The van der Waals surface area contributed by atoms with E-state index >= 15 is 0 Å². The lowest BCUT2D eigenvalue weighted by Gasteiger charge is -2.30. The fourth-order valence-corrected chi connectivity index (χ4v) is 4.46. The molecular formula is C24H18ClNO3S. The van der Waals surface area contributed by atoms with Gasteiger partial charge in [0.25, 0.3) is 5.91 Å². The van der Waals surface area contributed by atoms with E-state index in [9.17, 15) is 9.59 Å². The van der Waals surface area contributed by atoms with Gasteiger partial charge in [0.05, 0.1) is 29.8 Å². The summed E-state index contributed by atoms with van der Waals surface area (Å²) in [6.07, 6.45) is 1.84. The number of nitrogens with zero attached hydrogens (tertiary/aromatic N) is 1. The highest BCUT2D eigenvalue weighted by atomic mass is 35.5. The highest BCUT2D eigenvalue weighted by Crippen LogP contribution is 2.42. The Morgan fingerprint density at radius 3 is 2.47 bits per heavy atom. The van der Waals surface area contributed by atoms with E-state index in [1.54, 1.807) is 29.2 Å². The smallest absolute Gasteiger partial charge is 0.337 e. The van der Waals surface area contributed by atoms with Gasteiger partial charge in [0.1, 0.15) is 0 Å². The first-order chi connectivity index (χ1) is 14.6. The number of rotatable bonds is 4. The highest BCUT2D eigenvalue weighted by molar-refractivity contribution is 8.04. The Morgan fingerprint density at radius 2 is 1.73 bits per heavy atom. The third-order valence-electron chi connectivity index (χ3n) is 4.75. The monoisotopic (exact) mass is 435 g/mol. The summed E-state index contributed by atoms with van der Waals surface area (Å²) in [5.74, 6) is -0.479. The van der Waals surface area contributed by atoms with Gasteiger partial charge in [-0.15, -0.1) is 0 Å². The number of amides is 1. The molecule has 6 heteroatoms. The van der Waals surface area contributed by atoms with Gasteiger partial charge in [-0.2, -0.15) is 0 Å². The normalized spacial score (nSPS) is 14.5. The number of carbonyl (C=O) groups excluding carboxylic acids is 2. The molecule has 0 saturated carbocycles. The molecule has 0 radical (unpaired) electrons. The van der Waals surface area contributed by atoms with Crippen molar-refractivity contribution < 1.29 is 14.3 Å². The lowest BCUT2D eigenvalue weighted by molar-refractivity contribution is -0.114. The zero-order valence-electron chi connectivity index (χ0n) is 16.2. The molecule has 0 spiro atoms. The summed E-state index contributed by atoms with van der Waals surface area (Å²) < 4.78 is 4.73. The van der Waals surface area contributed by atoms with E-state index in [1.165, 1.54) is 18.9 Å². The minimum absolute atomic E-state index is 0.0873. The first-order valence-electron chi connectivity index (χ1n) is 9.29. The van der Waals surface area contributed by atoms with Crippen LogP contribution < -0.4 is 4.90 Å². The van der Waals surface area contributed by atoms with E-state index < -0.39 is 5.97 Å². The number of fused-ring (bicyclic) bond motifs is 1. The SMILES string of the molecule is COC(=O)c1ccc(/C=C2/Sc3ccccc3N(Cc3ccccc3Cl)C2=O)cc1. The number of thioether (sulfide) groups is 1. The Morgan fingerprint density at radius 1 is 1.03 bits per heavy atom. The predicted octanol–water partition coefficient (Wildman–Crippen LogP) is 5.81. The minimum atomic E-state index is -0.392. The number of hydrogen-bond acceptors (Lipinski definition) is 4. The Labute approximate surface area is 184 Å². The lowest BCUT2D eigenvalue weighted by Crippen LogP contribution is -2.33. The molecule has 4 nitrogen and oxygen atoms in total. The minimum Gasteiger partial charge on any atom is -0.465 e. The molecule has 1 amide bonds. The second-order valence-corrected chi connectivity index (χ2v) is 8.17. The topological polar surface area (TPSA) is 46.6 Å². The van der Waals surface area contributed by atoms with E-state index in [1.807, 2.05) is 54.6 Å². The quantitative estimate of drug-likeness (QED) is 0.383. The van der Waals surface area contributed by atoms with Gasteiger partial charge in [0.15, 0.2) is 0 Å². The van der Waals surface area contributed by atoms with Crippen LogP contribution in [0.1, 0.15) is 21.5 Å². The van der Waals surface area contributed by atoms with Crippen molar-refractivity contribution in [3.8, 4) is 0 Å². The van der Waals surface area contributed by atoms with Gasteiger partial charge in [-0.25, -0.2) is 4.79 Å². The van der Waals surface area contributed by atoms with Crippen LogP contribution in [0.4, 0.5) is 5.69 Å². The highest BCUT2D eigenvalue weighted by Gasteiger charge is 2.29.